The molecular weight excluding hydrogens is 315 g/mol. The lowest BCUT2D eigenvalue weighted by molar-refractivity contribution is 0.568. The van der Waals surface area contributed by atoms with Gasteiger partial charge < -0.3 is 4.90 Å². The van der Waals surface area contributed by atoms with Gasteiger partial charge in [-0.3, -0.25) is 4.98 Å². The van der Waals surface area contributed by atoms with Crippen LogP contribution in [0.25, 0.3) is 22.4 Å². The average Bonchev–Trinajstić information content (AvgIpc) is 2.70. The Hall–Kier alpha value is -2.82. The van der Waals surface area contributed by atoms with E-state index in [1.807, 2.05) is 18.3 Å². The molecule has 25 heavy (non-hydrogen) atoms. The molecule has 1 fully saturated rings. The molecule has 0 amide bonds. The van der Waals surface area contributed by atoms with Crippen LogP contribution in [0.2, 0.25) is 0 Å². The lowest BCUT2D eigenvalue weighted by Crippen LogP contribution is -2.31. The number of anilines is 1. The highest BCUT2D eigenvalue weighted by Gasteiger charge is 2.17. The number of aromatic nitrogens is 3. The quantitative estimate of drug-likeness (QED) is 0.715. The highest BCUT2D eigenvalue weighted by atomic mass is 19.1. The summed E-state index contributed by atoms with van der Waals surface area (Å²) < 4.78 is 13.3. The predicted octanol–water partition coefficient (Wildman–Crippen LogP) is 4.34. The normalized spacial score (nSPS) is 14.5. The molecule has 3 aromatic rings. The van der Waals surface area contributed by atoms with E-state index in [1.54, 1.807) is 24.5 Å². The Bertz CT molecular complexity index is 843. The molecule has 0 bridgehead atoms. The van der Waals surface area contributed by atoms with Crippen LogP contribution in [0.4, 0.5) is 10.3 Å². The Balaban J connectivity index is 1.81. The summed E-state index contributed by atoms with van der Waals surface area (Å²) in [5, 5.41) is 0. The van der Waals surface area contributed by atoms with Crippen LogP contribution >= 0.6 is 0 Å². The standard InChI is InChI=1S/C20H19FN4/c21-17-6-4-15(5-7-17)18-14-23-20(25-12-2-1-3-13-25)24-19(18)16-8-10-22-11-9-16/h4-11,14H,1-3,12-13H2. The number of hydrogen-bond acceptors (Lipinski definition) is 4. The second-order valence-electron chi connectivity index (χ2n) is 6.22. The van der Waals surface area contributed by atoms with Crippen molar-refractivity contribution in [1.82, 2.24) is 15.0 Å². The zero-order chi connectivity index (χ0) is 17.1. The molecular formula is C20H19FN4. The summed E-state index contributed by atoms with van der Waals surface area (Å²) in [7, 11) is 0. The summed E-state index contributed by atoms with van der Waals surface area (Å²) in [6.07, 6.45) is 8.97. The first-order chi connectivity index (χ1) is 12.3. The van der Waals surface area contributed by atoms with Gasteiger partial charge in [-0.15, -0.1) is 0 Å². The molecule has 1 aliphatic heterocycles. The van der Waals surface area contributed by atoms with Gasteiger partial charge in [-0.05, 0) is 49.1 Å². The monoisotopic (exact) mass is 334 g/mol. The predicted molar refractivity (Wildman–Crippen MR) is 96.7 cm³/mol. The maximum atomic E-state index is 13.3. The fourth-order valence-corrected chi connectivity index (χ4v) is 3.19. The largest absolute Gasteiger partial charge is 0.341 e. The molecule has 0 atom stereocenters. The van der Waals surface area contributed by atoms with E-state index in [0.717, 1.165) is 41.4 Å². The Morgan fingerprint density at radius 2 is 1.56 bits per heavy atom. The van der Waals surface area contributed by atoms with Crippen molar-refractivity contribution in [1.29, 1.82) is 0 Å². The topological polar surface area (TPSA) is 41.9 Å². The number of pyridine rings is 1. The molecule has 0 saturated carbocycles. The van der Waals surface area contributed by atoms with E-state index < -0.39 is 0 Å². The molecule has 1 aliphatic rings. The summed E-state index contributed by atoms with van der Waals surface area (Å²) >= 11 is 0. The van der Waals surface area contributed by atoms with Crippen LogP contribution in [0, 0.1) is 5.82 Å². The van der Waals surface area contributed by atoms with Crippen LogP contribution in [-0.4, -0.2) is 28.0 Å². The Labute approximate surface area is 146 Å². The molecule has 126 valence electrons. The van der Waals surface area contributed by atoms with E-state index in [4.69, 9.17) is 4.98 Å². The lowest BCUT2D eigenvalue weighted by atomic mass is 10.0. The molecule has 1 aromatic carbocycles. The second-order valence-corrected chi connectivity index (χ2v) is 6.22. The van der Waals surface area contributed by atoms with E-state index >= 15 is 0 Å². The molecule has 0 radical (unpaired) electrons. The number of piperidine rings is 1. The zero-order valence-corrected chi connectivity index (χ0v) is 13.9. The van der Waals surface area contributed by atoms with Crippen LogP contribution in [0.3, 0.4) is 0 Å². The van der Waals surface area contributed by atoms with E-state index in [2.05, 4.69) is 14.9 Å². The molecule has 5 heteroatoms. The molecule has 0 N–H and O–H groups in total. The molecule has 3 heterocycles. The van der Waals surface area contributed by atoms with Crippen LogP contribution in [0.1, 0.15) is 19.3 Å². The molecule has 0 unspecified atom stereocenters. The van der Waals surface area contributed by atoms with Gasteiger partial charge in [0, 0.05) is 42.8 Å². The third-order valence-electron chi connectivity index (χ3n) is 4.52. The van der Waals surface area contributed by atoms with Gasteiger partial charge in [0.2, 0.25) is 5.95 Å². The molecule has 0 spiro atoms. The summed E-state index contributed by atoms with van der Waals surface area (Å²) in [5.41, 5.74) is 3.63. The van der Waals surface area contributed by atoms with Crippen molar-refractivity contribution in [3.8, 4) is 22.4 Å². The van der Waals surface area contributed by atoms with Crippen LogP contribution < -0.4 is 4.90 Å². The van der Waals surface area contributed by atoms with Gasteiger partial charge in [-0.25, -0.2) is 14.4 Å². The van der Waals surface area contributed by atoms with Crippen LogP contribution in [-0.2, 0) is 0 Å². The average molecular weight is 334 g/mol. The lowest BCUT2D eigenvalue weighted by Gasteiger charge is -2.27. The molecule has 4 rings (SSSR count). The minimum atomic E-state index is -0.250. The summed E-state index contributed by atoms with van der Waals surface area (Å²) in [6.45, 7) is 1.98. The summed E-state index contributed by atoms with van der Waals surface area (Å²) in [5.74, 6) is 0.512. The molecule has 0 aliphatic carbocycles. The highest BCUT2D eigenvalue weighted by Crippen LogP contribution is 2.31. The van der Waals surface area contributed by atoms with Crippen LogP contribution in [0.15, 0.2) is 55.0 Å². The number of nitrogens with zero attached hydrogens (tertiary/aromatic N) is 4. The van der Waals surface area contributed by atoms with E-state index in [-0.39, 0.29) is 5.82 Å². The fraction of sp³-hybridized carbons (Fsp3) is 0.250. The first kappa shape index (κ1) is 15.7. The van der Waals surface area contributed by atoms with E-state index in [9.17, 15) is 4.39 Å². The van der Waals surface area contributed by atoms with Crippen molar-refractivity contribution in [3.63, 3.8) is 0 Å². The third kappa shape index (κ3) is 3.36. The summed E-state index contributed by atoms with van der Waals surface area (Å²) in [4.78, 5) is 15.8. The van der Waals surface area contributed by atoms with Crippen molar-refractivity contribution in [2.45, 2.75) is 19.3 Å². The highest BCUT2D eigenvalue weighted by molar-refractivity contribution is 5.80. The Morgan fingerprint density at radius 1 is 0.840 bits per heavy atom. The van der Waals surface area contributed by atoms with E-state index in [0.29, 0.717) is 0 Å². The first-order valence-electron chi connectivity index (χ1n) is 8.59. The first-order valence-corrected chi connectivity index (χ1v) is 8.59. The molecule has 1 saturated heterocycles. The summed E-state index contributed by atoms with van der Waals surface area (Å²) in [6, 6.07) is 10.3. The maximum absolute atomic E-state index is 13.3. The molecule has 4 nitrogen and oxygen atoms in total. The van der Waals surface area contributed by atoms with Crippen molar-refractivity contribution >= 4 is 5.95 Å². The van der Waals surface area contributed by atoms with Gasteiger partial charge in [-0.2, -0.15) is 0 Å². The second kappa shape index (κ2) is 6.97. The SMILES string of the molecule is Fc1ccc(-c2cnc(N3CCCCC3)nc2-c2ccncc2)cc1. The minimum Gasteiger partial charge on any atom is -0.341 e. The minimum absolute atomic E-state index is 0.250. The fourth-order valence-electron chi connectivity index (χ4n) is 3.19. The van der Waals surface area contributed by atoms with Crippen molar-refractivity contribution < 1.29 is 4.39 Å². The van der Waals surface area contributed by atoms with Gasteiger partial charge in [0.05, 0.1) is 5.69 Å². The van der Waals surface area contributed by atoms with Crippen molar-refractivity contribution in [2.75, 3.05) is 18.0 Å². The Morgan fingerprint density at radius 3 is 2.28 bits per heavy atom. The van der Waals surface area contributed by atoms with Gasteiger partial charge in [0.1, 0.15) is 5.82 Å². The smallest absolute Gasteiger partial charge is 0.225 e. The zero-order valence-electron chi connectivity index (χ0n) is 13.9. The van der Waals surface area contributed by atoms with Gasteiger partial charge >= 0.3 is 0 Å². The van der Waals surface area contributed by atoms with E-state index in [1.165, 1.54) is 31.4 Å². The van der Waals surface area contributed by atoms with Crippen LogP contribution in [0.5, 0.6) is 0 Å². The van der Waals surface area contributed by atoms with Gasteiger partial charge in [-0.1, -0.05) is 12.1 Å². The third-order valence-corrected chi connectivity index (χ3v) is 4.52. The maximum Gasteiger partial charge on any atom is 0.225 e. The van der Waals surface area contributed by atoms with Gasteiger partial charge in [0.25, 0.3) is 0 Å². The molecule has 2 aromatic heterocycles. The van der Waals surface area contributed by atoms with Crippen molar-refractivity contribution in [2.24, 2.45) is 0 Å². The van der Waals surface area contributed by atoms with Crippen molar-refractivity contribution in [3.05, 3.63) is 60.8 Å². The number of rotatable bonds is 3. The van der Waals surface area contributed by atoms with Gasteiger partial charge in [0.15, 0.2) is 0 Å². The number of halogens is 1. The Kier molecular flexibility index (Phi) is 4.37. The number of benzene rings is 1. The number of hydrogen-bond donors (Lipinski definition) is 0.